The number of rotatable bonds is 6. The van der Waals surface area contributed by atoms with Gasteiger partial charge in [0.1, 0.15) is 11.6 Å². The number of hydrogen-bond donors (Lipinski definition) is 1. The highest BCUT2D eigenvalue weighted by Gasteiger charge is 2.23. The summed E-state index contributed by atoms with van der Waals surface area (Å²) in [7, 11) is 1.79. The second-order valence-electron chi connectivity index (χ2n) is 8.54. The van der Waals surface area contributed by atoms with E-state index in [0.717, 1.165) is 56.3 Å². The molecular weight excluding hydrogens is 536 g/mol. The molecule has 0 bridgehead atoms. The van der Waals surface area contributed by atoms with Crippen LogP contribution < -0.4 is 5.32 Å². The molecule has 0 radical (unpaired) electrons. The van der Waals surface area contributed by atoms with Crippen molar-refractivity contribution in [3.63, 3.8) is 0 Å². The number of aromatic nitrogens is 2. The van der Waals surface area contributed by atoms with Crippen LogP contribution in [-0.2, 0) is 16.0 Å². The summed E-state index contributed by atoms with van der Waals surface area (Å²) < 4.78 is 28.3. The van der Waals surface area contributed by atoms with Gasteiger partial charge >= 0.3 is 0 Å². The molecule has 0 saturated carbocycles. The van der Waals surface area contributed by atoms with E-state index >= 15 is 0 Å². The van der Waals surface area contributed by atoms with Gasteiger partial charge in [-0.25, -0.2) is 9.37 Å². The molecule has 182 valence electrons. The zero-order chi connectivity index (χ0) is 22.3. The summed E-state index contributed by atoms with van der Waals surface area (Å²) in [6, 6.07) is 5.30. The monoisotopic (exact) mass is 571 g/mol. The molecule has 0 aliphatic carbocycles. The first-order chi connectivity index (χ1) is 15.6. The largest absolute Gasteiger partial charge is 0.376 e. The van der Waals surface area contributed by atoms with Crippen LogP contribution in [-0.4, -0.2) is 66.0 Å². The van der Waals surface area contributed by atoms with E-state index in [-0.39, 0.29) is 42.0 Å². The Hall–Kier alpha value is -1.72. The van der Waals surface area contributed by atoms with E-state index in [1.54, 1.807) is 36.1 Å². The molecule has 2 aliphatic rings. The van der Waals surface area contributed by atoms with Gasteiger partial charge < -0.3 is 24.3 Å². The fraction of sp³-hybridized carbons (Fsp3) is 0.583. The minimum absolute atomic E-state index is 0. The van der Waals surface area contributed by atoms with Crippen LogP contribution in [0.4, 0.5) is 4.39 Å². The van der Waals surface area contributed by atoms with Crippen LogP contribution in [0.15, 0.2) is 35.6 Å². The zero-order valence-corrected chi connectivity index (χ0v) is 21.8. The summed E-state index contributed by atoms with van der Waals surface area (Å²) in [4.78, 5) is 10.8. The van der Waals surface area contributed by atoms with Gasteiger partial charge in [0.25, 0.3) is 0 Å². The Kier molecular flexibility index (Phi) is 9.94. The van der Waals surface area contributed by atoms with E-state index in [1.807, 2.05) is 13.0 Å². The molecule has 2 saturated heterocycles. The summed E-state index contributed by atoms with van der Waals surface area (Å²) in [5, 5.41) is 3.38. The van der Waals surface area contributed by atoms with Crippen LogP contribution >= 0.6 is 24.0 Å². The fourth-order valence-corrected chi connectivity index (χ4v) is 4.42. The second-order valence-corrected chi connectivity index (χ2v) is 8.54. The van der Waals surface area contributed by atoms with E-state index in [2.05, 4.69) is 20.2 Å². The number of nitrogens with one attached hydrogen (secondary N) is 1. The molecule has 4 rings (SSSR count). The van der Waals surface area contributed by atoms with E-state index in [4.69, 9.17) is 9.47 Å². The molecular formula is C24H35FIN5O2. The van der Waals surface area contributed by atoms with E-state index in [9.17, 15) is 4.39 Å². The maximum atomic E-state index is 14.7. The van der Waals surface area contributed by atoms with Crippen LogP contribution in [0.2, 0.25) is 0 Å². The smallest absolute Gasteiger partial charge is 0.193 e. The lowest BCUT2D eigenvalue weighted by Gasteiger charge is -2.35. The molecule has 33 heavy (non-hydrogen) atoms. The summed E-state index contributed by atoms with van der Waals surface area (Å²) in [5.74, 6) is 1.34. The van der Waals surface area contributed by atoms with Crippen molar-refractivity contribution in [3.8, 4) is 5.69 Å². The van der Waals surface area contributed by atoms with Crippen LogP contribution in [0.5, 0.6) is 0 Å². The van der Waals surface area contributed by atoms with E-state index < -0.39 is 0 Å². The van der Waals surface area contributed by atoms with Gasteiger partial charge in [-0.05, 0) is 56.7 Å². The lowest BCUT2D eigenvalue weighted by molar-refractivity contribution is -0.0721. The van der Waals surface area contributed by atoms with Gasteiger partial charge in [0.05, 0.1) is 24.5 Å². The van der Waals surface area contributed by atoms with Gasteiger partial charge in [-0.2, -0.15) is 0 Å². The van der Waals surface area contributed by atoms with Crippen molar-refractivity contribution in [2.24, 2.45) is 4.99 Å². The number of piperidine rings is 1. The zero-order valence-electron chi connectivity index (χ0n) is 19.5. The van der Waals surface area contributed by atoms with Gasteiger partial charge in [0.2, 0.25) is 0 Å². The Morgan fingerprint density at radius 2 is 2.09 bits per heavy atom. The number of nitrogens with zero attached hydrogens (tertiary/aromatic N) is 4. The van der Waals surface area contributed by atoms with Gasteiger partial charge in [0.15, 0.2) is 5.96 Å². The van der Waals surface area contributed by atoms with Crippen LogP contribution in [0, 0.1) is 12.7 Å². The molecule has 1 unspecified atom stereocenters. The number of guanidine groups is 1. The average Bonchev–Trinajstić information content (AvgIpc) is 3.25. The maximum Gasteiger partial charge on any atom is 0.193 e. The highest BCUT2D eigenvalue weighted by molar-refractivity contribution is 14.0. The minimum atomic E-state index is -0.264. The molecule has 0 amide bonds. The average molecular weight is 571 g/mol. The van der Waals surface area contributed by atoms with Crippen molar-refractivity contribution in [1.82, 2.24) is 19.8 Å². The molecule has 2 fully saturated rings. The van der Waals surface area contributed by atoms with Crippen molar-refractivity contribution in [1.29, 1.82) is 0 Å². The third-order valence-corrected chi connectivity index (χ3v) is 6.29. The molecule has 2 aromatic rings. The Balaban J connectivity index is 0.00000306. The third kappa shape index (κ3) is 6.89. The van der Waals surface area contributed by atoms with Crippen molar-refractivity contribution < 1.29 is 13.9 Å². The number of halogens is 2. The first kappa shape index (κ1) is 25.9. The lowest BCUT2D eigenvalue weighted by Crippen LogP contribution is -2.47. The molecule has 1 N–H and O–H groups in total. The summed E-state index contributed by atoms with van der Waals surface area (Å²) in [6.07, 6.45) is 9.45. The second kappa shape index (κ2) is 12.7. The first-order valence-electron chi connectivity index (χ1n) is 11.6. The van der Waals surface area contributed by atoms with Crippen LogP contribution in [0.1, 0.15) is 43.5 Å². The Labute approximate surface area is 212 Å². The highest BCUT2D eigenvalue weighted by atomic mass is 127. The molecule has 7 nitrogen and oxygen atoms in total. The van der Waals surface area contributed by atoms with Gasteiger partial charge in [-0.1, -0.05) is 6.07 Å². The highest BCUT2D eigenvalue weighted by Crippen LogP contribution is 2.19. The summed E-state index contributed by atoms with van der Waals surface area (Å²) in [5.41, 5.74) is 1.38. The molecule has 2 aliphatic heterocycles. The molecule has 0 spiro atoms. The predicted molar refractivity (Wildman–Crippen MR) is 138 cm³/mol. The Morgan fingerprint density at radius 3 is 2.73 bits per heavy atom. The summed E-state index contributed by atoms with van der Waals surface area (Å²) >= 11 is 0. The molecule has 1 atom stereocenters. The van der Waals surface area contributed by atoms with Crippen molar-refractivity contribution in [2.45, 2.75) is 57.8 Å². The molecule has 1 aromatic carbocycles. The van der Waals surface area contributed by atoms with Gasteiger partial charge in [-0.3, -0.25) is 4.99 Å². The maximum absolute atomic E-state index is 14.7. The number of hydrogen-bond acceptors (Lipinski definition) is 4. The molecule has 9 heteroatoms. The summed E-state index contributed by atoms with van der Waals surface area (Å²) in [6.45, 7) is 5.73. The number of likely N-dealkylation sites (tertiary alicyclic amines) is 1. The van der Waals surface area contributed by atoms with Crippen LogP contribution in [0.25, 0.3) is 5.69 Å². The SMILES string of the molecule is CN=C(NCc1ccc(-n2ccnc2C)c(F)c1)N1CCC(OCC2CCCCO2)CC1.I. The van der Waals surface area contributed by atoms with Crippen LogP contribution in [0.3, 0.4) is 0 Å². The Bertz CT molecular complexity index is 908. The Morgan fingerprint density at radius 1 is 1.27 bits per heavy atom. The lowest BCUT2D eigenvalue weighted by atomic mass is 10.1. The number of aliphatic imine (C=N–C) groups is 1. The number of imidazole rings is 1. The molecule has 1 aromatic heterocycles. The molecule has 3 heterocycles. The van der Waals surface area contributed by atoms with Crippen molar-refractivity contribution in [3.05, 3.63) is 47.8 Å². The standard InChI is InChI=1S/C24H34FN5O2.HI/c1-18-27-10-13-30(18)23-7-6-19(15-22(23)25)16-28-24(26-2)29-11-8-20(9-12-29)32-17-21-5-3-4-14-31-21;/h6-7,10,13,15,20-21H,3-5,8-9,11-12,14,16-17H2,1-2H3,(H,26,28);1H. The number of ether oxygens (including phenoxy) is 2. The van der Waals surface area contributed by atoms with Gasteiger partial charge in [0, 0.05) is 45.7 Å². The topological polar surface area (TPSA) is 63.9 Å². The van der Waals surface area contributed by atoms with E-state index in [0.29, 0.717) is 18.8 Å². The minimum Gasteiger partial charge on any atom is -0.376 e. The number of benzene rings is 1. The van der Waals surface area contributed by atoms with Crippen molar-refractivity contribution in [2.75, 3.05) is 33.4 Å². The number of aryl methyl sites for hydroxylation is 1. The van der Waals surface area contributed by atoms with Gasteiger partial charge in [-0.15, -0.1) is 24.0 Å². The van der Waals surface area contributed by atoms with E-state index in [1.165, 1.54) is 12.8 Å². The third-order valence-electron chi connectivity index (χ3n) is 6.29. The van der Waals surface area contributed by atoms with Crippen molar-refractivity contribution >= 4 is 29.9 Å². The first-order valence-corrected chi connectivity index (χ1v) is 11.6. The predicted octanol–water partition coefficient (Wildman–Crippen LogP) is 4.06. The quantitative estimate of drug-likeness (QED) is 0.322. The fourth-order valence-electron chi connectivity index (χ4n) is 4.42. The normalized spacial score (nSPS) is 19.9.